The van der Waals surface area contributed by atoms with Gasteiger partial charge in [-0.05, 0) is 29.9 Å². The molecule has 122 valence electrons. The third-order valence-corrected chi connectivity index (χ3v) is 4.71. The van der Waals surface area contributed by atoms with Crippen molar-refractivity contribution in [3.05, 3.63) is 53.6 Å². The fraction of sp³-hybridized carbons (Fsp3) is 0.444. The van der Waals surface area contributed by atoms with Crippen molar-refractivity contribution in [2.45, 2.75) is 38.8 Å². The smallest absolute Gasteiger partial charge is 0.356 e. The molecule has 5 heteroatoms. The first-order valence-corrected chi connectivity index (χ1v) is 7.70. The van der Waals surface area contributed by atoms with Gasteiger partial charge in [0.05, 0.1) is 31.3 Å². The van der Waals surface area contributed by atoms with Crippen LogP contribution in [0.5, 0.6) is 0 Å². The van der Waals surface area contributed by atoms with Crippen LogP contribution in [-0.4, -0.2) is 27.7 Å². The number of hydrogen-bond acceptors (Lipinski definition) is 4. The van der Waals surface area contributed by atoms with Gasteiger partial charge in [0.25, 0.3) is 0 Å². The summed E-state index contributed by atoms with van der Waals surface area (Å²) in [5, 5.41) is 10.9. The number of methoxy groups -OCH3 is 1. The Bertz CT molecular complexity index is 746. The second-order valence-electron chi connectivity index (χ2n) is 7.11. The summed E-state index contributed by atoms with van der Waals surface area (Å²) < 4.78 is 6.74. The molecule has 0 saturated heterocycles. The highest BCUT2D eigenvalue weighted by molar-refractivity contribution is 5.87. The molecule has 2 aromatic rings. The maximum Gasteiger partial charge on any atom is 0.356 e. The van der Waals surface area contributed by atoms with E-state index in [2.05, 4.69) is 18.8 Å². The molecule has 0 saturated carbocycles. The molecule has 1 aliphatic carbocycles. The topological polar surface area (TPSA) is 64.3 Å². The SMILES string of the molecule is COC(=O)c1cncn1[C@@H]1c2ccccc2[C@](C)(O)CC1(C)C. The molecule has 23 heavy (non-hydrogen) atoms. The van der Waals surface area contributed by atoms with Crippen LogP contribution in [-0.2, 0) is 10.3 Å². The standard InChI is InChI=1S/C18H22N2O3/c1-17(2)10-18(3,22)13-8-6-5-7-12(13)15(17)20-11-19-9-14(20)16(21)23-4/h5-9,11,15,22H,10H2,1-4H3/t15-,18-/m1/s1. The van der Waals surface area contributed by atoms with E-state index in [9.17, 15) is 9.90 Å². The molecule has 0 spiro atoms. The third-order valence-electron chi connectivity index (χ3n) is 4.71. The molecule has 2 atom stereocenters. The predicted octanol–water partition coefficient (Wildman–Crippen LogP) is 2.90. The number of esters is 1. The van der Waals surface area contributed by atoms with Crippen molar-refractivity contribution in [2.75, 3.05) is 7.11 Å². The number of benzene rings is 1. The number of aromatic nitrogens is 2. The van der Waals surface area contributed by atoms with Gasteiger partial charge in [-0.1, -0.05) is 38.1 Å². The molecular weight excluding hydrogens is 292 g/mol. The van der Waals surface area contributed by atoms with E-state index >= 15 is 0 Å². The lowest BCUT2D eigenvalue weighted by Gasteiger charge is -2.47. The number of rotatable bonds is 2. The molecule has 1 aliphatic rings. The number of hydrogen-bond donors (Lipinski definition) is 1. The largest absolute Gasteiger partial charge is 0.464 e. The van der Waals surface area contributed by atoms with Crippen LogP contribution >= 0.6 is 0 Å². The lowest BCUT2D eigenvalue weighted by atomic mass is 9.64. The van der Waals surface area contributed by atoms with Crippen molar-refractivity contribution in [3.8, 4) is 0 Å². The van der Waals surface area contributed by atoms with Gasteiger partial charge >= 0.3 is 5.97 Å². The van der Waals surface area contributed by atoms with Gasteiger partial charge in [0, 0.05) is 0 Å². The molecule has 1 N–H and O–H groups in total. The van der Waals surface area contributed by atoms with Crippen LogP contribution in [0.4, 0.5) is 0 Å². The summed E-state index contributed by atoms with van der Waals surface area (Å²) in [5.41, 5.74) is 1.16. The van der Waals surface area contributed by atoms with Crippen molar-refractivity contribution < 1.29 is 14.6 Å². The summed E-state index contributed by atoms with van der Waals surface area (Å²) >= 11 is 0. The maximum atomic E-state index is 12.1. The molecule has 1 aromatic carbocycles. The zero-order valence-corrected chi connectivity index (χ0v) is 13.9. The molecule has 0 radical (unpaired) electrons. The molecule has 5 nitrogen and oxygen atoms in total. The number of ether oxygens (including phenoxy) is 1. The Morgan fingerprint density at radius 1 is 1.35 bits per heavy atom. The van der Waals surface area contributed by atoms with Gasteiger partial charge in [-0.2, -0.15) is 0 Å². The molecule has 0 aliphatic heterocycles. The second-order valence-corrected chi connectivity index (χ2v) is 7.11. The van der Waals surface area contributed by atoms with Crippen LogP contribution in [0.2, 0.25) is 0 Å². The van der Waals surface area contributed by atoms with Crippen molar-refractivity contribution in [1.29, 1.82) is 0 Å². The normalized spacial score (nSPS) is 25.7. The van der Waals surface area contributed by atoms with Gasteiger partial charge in [-0.15, -0.1) is 0 Å². The molecule has 3 rings (SSSR count). The van der Waals surface area contributed by atoms with Gasteiger partial charge in [0.15, 0.2) is 0 Å². The summed E-state index contributed by atoms with van der Waals surface area (Å²) in [6, 6.07) is 7.74. The van der Waals surface area contributed by atoms with Crippen LogP contribution in [0.15, 0.2) is 36.8 Å². The van der Waals surface area contributed by atoms with Crippen LogP contribution in [0.1, 0.15) is 54.8 Å². The summed E-state index contributed by atoms with van der Waals surface area (Å²) in [7, 11) is 1.37. The van der Waals surface area contributed by atoms with E-state index in [4.69, 9.17) is 4.74 Å². The van der Waals surface area contributed by atoms with Crippen LogP contribution in [0, 0.1) is 5.41 Å². The Labute approximate surface area is 135 Å². The summed E-state index contributed by atoms with van der Waals surface area (Å²) in [6.07, 6.45) is 3.77. The average molecular weight is 314 g/mol. The highest BCUT2D eigenvalue weighted by Crippen LogP contribution is 2.52. The third kappa shape index (κ3) is 2.45. The zero-order valence-electron chi connectivity index (χ0n) is 13.9. The van der Waals surface area contributed by atoms with Crippen LogP contribution < -0.4 is 0 Å². The highest BCUT2D eigenvalue weighted by Gasteiger charge is 2.46. The zero-order chi connectivity index (χ0) is 16.8. The maximum absolute atomic E-state index is 12.1. The van der Waals surface area contributed by atoms with E-state index in [1.807, 2.05) is 35.8 Å². The second kappa shape index (κ2) is 5.20. The molecule has 1 heterocycles. The summed E-state index contributed by atoms with van der Waals surface area (Å²) in [6.45, 7) is 6.05. The van der Waals surface area contributed by atoms with Crippen molar-refractivity contribution in [1.82, 2.24) is 9.55 Å². The minimum Gasteiger partial charge on any atom is -0.464 e. The number of imidazole rings is 1. The molecule has 0 fully saturated rings. The lowest BCUT2D eigenvalue weighted by Crippen LogP contribution is -2.42. The monoisotopic (exact) mass is 314 g/mol. The van der Waals surface area contributed by atoms with Crippen LogP contribution in [0.3, 0.4) is 0 Å². The molecule has 1 aromatic heterocycles. The quantitative estimate of drug-likeness (QED) is 0.866. The molecule has 0 amide bonds. The number of nitrogens with zero attached hydrogens (tertiary/aromatic N) is 2. The van der Waals surface area contributed by atoms with Gasteiger partial charge in [-0.25, -0.2) is 9.78 Å². The summed E-state index contributed by atoms with van der Waals surface area (Å²) in [5.74, 6) is -0.409. The average Bonchev–Trinajstić information content (AvgIpc) is 2.94. The fourth-order valence-corrected chi connectivity index (χ4v) is 4.03. The van der Waals surface area contributed by atoms with E-state index in [-0.39, 0.29) is 11.5 Å². The number of aliphatic hydroxyl groups is 1. The first-order valence-electron chi connectivity index (χ1n) is 7.70. The Morgan fingerprint density at radius 2 is 2.04 bits per heavy atom. The summed E-state index contributed by atoms with van der Waals surface area (Å²) in [4.78, 5) is 16.2. The van der Waals surface area contributed by atoms with Gasteiger partial charge < -0.3 is 14.4 Å². The van der Waals surface area contributed by atoms with E-state index in [0.717, 1.165) is 11.1 Å². The number of carbonyl (C=O) groups is 1. The lowest BCUT2D eigenvalue weighted by molar-refractivity contribution is -0.0169. The number of fused-ring (bicyclic) bond motifs is 1. The molecular formula is C18H22N2O3. The van der Waals surface area contributed by atoms with E-state index in [1.54, 1.807) is 6.33 Å². The van der Waals surface area contributed by atoms with Crippen LogP contribution in [0.25, 0.3) is 0 Å². The minimum absolute atomic E-state index is 0.101. The molecule has 0 bridgehead atoms. The Morgan fingerprint density at radius 3 is 2.74 bits per heavy atom. The van der Waals surface area contributed by atoms with Gasteiger partial charge in [0.2, 0.25) is 0 Å². The van der Waals surface area contributed by atoms with Crippen molar-refractivity contribution in [2.24, 2.45) is 5.41 Å². The van der Waals surface area contributed by atoms with E-state index < -0.39 is 11.6 Å². The Kier molecular flexibility index (Phi) is 3.56. The van der Waals surface area contributed by atoms with Gasteiger partial charge in [-0.3, -0.25) is 0 Å². The van der Waals surface area contributed by atoms with Crippen molar-refractivity contribution in [3.63, 3.8) is 0 Å². The van der Waals surface area contributed by atoms with E-state index in [1.165, 1.54) is 13.3 Å². The first-order chi connectivity index (χ1) is 10.8. The van der Waals surface area contributed by atoms with E-state index in [0.29, 0.717) is 12.1 Å². The van der Waals surface area contributed by atoms with Crippen molar-refractivity contribution >= 4 is 5.97 Å². The fourth-order valence-electron chi connectivity index (χ4n) is 4.03. The highest BCUT2D eigenvalue weighted by atomic mass is 16.5. The molecule has 0 unspecified atom stereocenters. The Hall–Kier alpha value is -2.14. The predicted molar refractivity (Wildman–Crippen MR) is 86.1 cm³/mol. The number of carbonyl (C=O) groups excluding carboxylic acids is 1. The Balaban J connectivity index is 2.22. The minimum atomic E-state index is -0.900. The van der Waals surface area contributed by atoms with Gasteiger partial charge in [0.1, 0.15) is 5.69 Å². The first kappa shape index (κ1) is 15.7.